The van der Waals surface area contributed by atoms with E-state index >= 15 is 0 Å². The highest BCUT2D eigenvalue weighted by molar-refractivity contribution is 5.70. The number of hydrogen-bond acceptors (Lipinski definition) is 3. The molecule has 0 amide bonds. The molecule has 0 spiro atoms. The maximum atomic E-state index is 13.9. The molecule has 1 atom stereocenters. The average molecular weight is 358 g/mol. The maximum absolute atomic E-state index is 13.9. The summed E-state index contributed by atoms with van der Waals surface area (Å²) in [4.78, 5) is 1.83. The minimum absolute atomic E-state index is 0.116. The van der Waals surface area contributed by atoms with Crippen LogP contribution in [0.1, 0.15) is 80.4 Å². The number of allylic oxidation sites excluding steroid dienone is 1. The molecule has 0 heterocycles. The van der Waals surface area contributed by atoms with Crippen molar-refractivity contribution in [3.05, 3.63) is 35.3 Å². The normalized spacial score (nSPS) is 10.2. The topological polar surface area (TPSA) is 55.3 Å². The quantitative estimate of drug-likeness (QED) is 0.485. The lowest BCUT2D eigenvalue weighted by atomic mass is 10.0. The Balaban J connectivity index is -0.000000241. The zero-order chi connectivity index (χ0) is 21.2. The van der Waals surface area contributed by atoms with Gasteiger partial charge in [-0.15, -0.1) is 0 Å². The van der Waals surface area contributed by atoms with Crippen molar-refractivity contribution in [1.29, 1.82) is 0 Å². The lowest BCUT2D eigenvalue weighted by Crippen LogP contribution is -2.32. The van der Waals surface area contributed by atoms with Crippen molar-refractivity contribution in [3.63, 3.8) is 0 Å². The first kappa shape index (κ1) is 31.2. The van der Waals surface area contributed by atoms with Crippen LogP contribution in [-0.4, -0.2) is 18.1 Å². The van der Waals surface area contributed by atoms with E-state index in [1.807, 2.05) is 100 Å². The van der Waals surface area contributed by atoms with Crippen LogP contribution in [0, 0.1) is 12.7 Å². The fourth-order valence-electron chi connectivity index (χ4n) is 1.66. The molecule has 0 aliphatic carbocycles. The molecule has 1 aromatic rings. The van der Waals surface area contributed by atoms with Crippen LogP contribution < -0.4 is 11.5 Å². The SMILES string of the molecule is C/C(=C\N(C)C(C)N)c1c(C)ccc(N)c1F.CC.CC.CC.CC. The maximum Gasteiger partial charge on any atom is 0.153 e. The number of nitrogens with two attached hydrogens (primary N) is 2. The van der Waals surface area contributed by atoms with Crippen LogP contribution in [0.3, 0.4) is 0 Å². The summed E-state index contributed by atoms with van der Waals surface area (Å²) in [6.07, 6.45) is 1.71. The molecular formula is C21H44FN3. The van der Waals surface area contributed by atoms with Gasteiger partial charge in [0.1, 0.15) is 0 Å². The van der Waals surface area contributed by atoms with E-state index in [1.165, 1.54) is 0 Å². The summed E-state index contributed by atoms with van der Waals surface area (Å²) < 4.78 is 13.9. The number of aryl methyl sites for hydroxylation is 1. The van der Waals surface area contributed by atoms with E-state index in [0.29, 0.717) is 5.56 Å². The van der Waals surface area contributed by atoms with Gasteiger partial charge in [0.2, 0.25) is 0 Å². The minimum Gasteiger partial charge on any atom is -0.396 e. The fraction of sp³-hybridized carbons (Fsp3) is 0.619. The van der Waals surface area contributed by atoms with Crippen molar-refractivity contribution in [2.45, 2.75) is 82.3 Å². The van der Waals surface area contributed by atoms with E-state index in [0.717, 1.165) is 11.1 Å². The summed E-state index contributed by atoms with van der Waals surface area (Å²) in [6, 6.07) is 3.40. The van der Waals surface area contributed by atoms with Gasteiger partial charge in [-0.2, -0.15) is 0 Å². The number of anilines is 1. The molecule has 1 rings (SSSR count). The second kappa shape index (κ2) is 20.5. The van der Waals surface area contributed by atoms with Crippen LogP contribution in [0.4, 0.5) is 10.1 Å². The Morgan fingerprint density at radius 1 is 1.04 bits per heavy atom. The summed E-state index contributed by atoms with van der Waals surface area (Å²) in [6.45, 7) is 21.6. The third-order valence-corrected chi connectivity index (χ3v) is 2.81. The van der Waals surface area contributed by atoms with E-state index in [1.54, 1.807) is 6.07 Å². The zero-order valence-electron chi connectivity index (χ0n) is 18.8. The van der Waals surface area contributed by atoms with E-state index in [2.05, 4.69) is 0 Å². The van der Waals surface area contributed by atoms with Crippen molar-refractivity contribution in [3.8, 4) is 0 Å². The molecule has 0 aromatic heterocycles. The van der Waals surface area contributed by atoms with Gasteiger partial charge in [-0.05, 0) is 38.0 Å². The molecule has 0 aliphatic heterocycles. The van der Waals surface area contributed by atoms with E-state index in [9.17, 15) is 4.39 Å². The molecule has 25 heavy (non-hydrogen) atoms. The third-order valence-electron chi connectivity index (χ3n) is 2.81. The Labute approximate surface area is 157 Å². The molecule has 0 radical (unpaired) electrons. The molecule has 1 aromatic carbocycles. The van der Waals surface area contributed by atoms with Gasteiger partial charge in [-0.1, -0.05) is 61.5 Å². The molecular weight excluding hydrogens is 313 g/mol. The molecule has 0 saturated heterocycles. The average Bonchev–Trinajstić information content (AvgIpc) is 2.65. The number of rotatable bonds is 3. The fourth-order valence-corrected chi connectivity index (χ4v) is 1.66. The van der Waals surface area contributed by atoms with Gasteiger partial charge in [0, 0.05) is 18.8 Å². The van der Waals surface area contributed by atoms with Gasteiger partial charge < -0.3 is 16.4 Å². The van der Waals surface area contributed by atoms with E-state index in [4.69, 9.17) is 11.5 Å². The first-order chi connectivity index (χ1) is 11.8. The second-order valence-corrected chi connectivity index (χ2v) is 4.38. The van der Waals surface area contributed by atoms with Crippen LogP contribution in [0.2, 0.25) is 0 Å². The smallest absolute Gasteiger partial charge is 0.153 e. The molecule has 0 saturated carbocycles. The zero-order valence-corrected chi connectivity index (χ0v) is 18.8. The third kappa shape index (κ3) is 12.5. The first-order valence-electron chi connectivity index (χ1n) is 9.55. The number of benzene rings is 1. The van der Waals surface area contributed by atoms with Gasteiger partial charge in [0.25, 0.3) is 0 Å². The van der Waals surface area contributed by atoms with E-state index < -0.39 is 0 Å². The molecule has 0 fully saturated rings. The molecule has 3 nitrogen and oxygen atoms in total. The highest BCUT2D eigenvalue weighted by Gasteiger charge is 2.11. The van der Waals surface area contributed by atoms with Gasteiger partial charge in [0.05, 0.1) is 11.9 Å². The molecule has 1 unspecified atom stereocenters. The number of nitrogens with zero attached hydrogens (tertiary/aromatic N) is 1. The Hall–Kier alpha value is -1.55. The Kier molecular flexibility index (Phi) is 25.6. The van der Waals surface area contributed by atoms with E-state index in [-0.39, 0.29) is 17.7 Å². The van der Waals surface area contributed by atoms with Crippen molar-refractivity contribution in [1.82, 2.24) is 4.90 Å². The van der Waals surface area contributed by atoms with Crippen molar-refractivity contribution < 1.29 is 4.39 Å². The molecule has 4 N–H and O–H groups in total. The predicted molar refractivity (Wildman–Crippen MR) is 116 cm³/mol. The lowest BCUT2D eigenvalue weighted by Gasteiger charge is -2.20. The largest absolute Gasteiger partial charge is 0.396 e. The van der Waals surface area contributed by atoms with Gasteiger partial charge in [-0.25, -0.2) is 4.39 Å². The van der Waals surface area contributed by atoms with Crippen LogP contribution >= 0.6 is 0 Å². The van der Waals surface area contributed by atoms with Crippen molar-refractivity contribution in [2.24, 2.45) is 5.73 Å². The summed E-state index contributed by atoms with van der Waals surface area (Å²) in [7, 11) is 1.85. The number of nitrogen functional groups attached to an aromatic ring is 1. The molecule has 0 bridgehead atoms. The second-order valence-electron chi connectivity index (χ2n) is 4.38. The number of hydrogen-bond donors (Lipinski definition) is 2. The Morgan fingerprint density at radius 3 is 1.80 bits per heavy atom. The summed E-state index contributed by atoms with van der Waals surface area (Å²) in [5, 5.41) is 0. The lowest BCUT2D eigenvalue weighted by molar-refractivity contribution is 0.362. The highest BCUT2D eigenvalue weighted by atomic mass is 19.1. The first-order valence-corrected chi connectivity index (χ1v) is 9.55. The summed E-state index contributed by atoms with van der Waals surface area (Å²) >= 11 is 0. The van der Waals surface area contributed by atoms with Crippen molar-refractivity contribution in [2.75, 3.05) is 12.8 Å². The standard InChI is InChI=1S/C13H20FN3.4C2H6/c1-8-5-6-11(16)13(14)12(8)9(2)7-17(4)10(3)15;4*1-2/h5-7,10H,15-16H2,1-4H3;4*1-2H3/b9-7+;;;;. The van der Waals surface area contributed by atoms with Crippen LogP contribution in [0.5, 0.6) is 0 Å². The molecule has 4 heteroatoms. The molecule has 0 aliphatic rings. The van der Waals surface area contributed by atoms with Gasteiger partial charge in [-0.3, -0.25) is 0 Å². The summed E-state index contributed by atoms with van der Waals surface area (Å²) in [5.41, 5.74) is 13.7. The van der Waals surface area contributed by atoms with Gasteiger partial charge in [0.15, 0.2) is 5.82 Å². The van der Waals surface area contributed by atoms with Crippen LogP contribution in [0.25, 0.3) is 5.57 Å². The van der Waals surface area contributed by atoms with Crippen LogP contribution in [-0.2, 0) is 0 Å². The molecule has 150 valence electrons. The monoisotopic (exact) mass is 357 g/mol. The minimum atomic E-state index is -0.364. The summed E-state index contributed by atoms with van der Waals surface area (Å²) in [5.74, 6) is -0.364. The van der Waals surface area contributed by atoms with Gasteiger partial charge >= 0.3 is 0 Å². The predicted octanol–water partition coefficient (Wildman–Crippen LogP) is 6.42. The highest BCUT2D eigenvalue weighted by Crippen LogP contribution is 2.26. The van der Waals surface area contributed by atoms with Crippen LogP contribution in [0.15, 0.2) is 18.3 Å². The Bertz CT molecular complexity index is 441. The van der Waals surface area contributed by atoms with Crippen molar-refractivity contribution >= 4 is 11.3 Å². The number of halogens is 1. The Morgan fingerprint density at radius 2 is 1.44 bits per heavy atom.